The van der Waals surface area contributed by atoms with Crippen molar-refractivity contribution in [1.29, 1.82) is 0 Å². The molecule has 0 amide bonds. The Kier molecular flexibility index (Phi) is 5.56. The van der Waals surface area contributed by atoms with Crippen molar-refractivity contribution >= 4 is 10.0 Å². The average Bonchev–Trinajstić information content (AvgIpc) is 3.45. The second-order valence-electron chi connectivity index (χ2n) is 8.44. The van der Waals surface area contributed by atoms with Gasteiger partial charge in [0, 0.05) is 31.7 Å². The van der Waals surface area contributed by atoms with Crippen LogP contribution in [0.4, 0.5) is 4.39 Å². The zero-order valence-corrected chi connectivity index (χ0v) is 18.7. The lowest BCUT2D eigenvalue weighted by Crippen LogP contribution is -2.48. The van der Waals surface area contributed by atoms with E-state index in [-0.39, 0.29) is 5.82 Å². The van der Waals surface area contributed by atoms with Crippen LogP contribution in [0, 0.1) is 12.7 Å². The zero-order valence-electron chi connectivity index (χ0n) is 17.9. The Morgan fingerprint density at radius 2 is 1.81 bits per heavy atom. The fourth-order valence-corrected chi connectivity index (χ4v) is 5.82. The Balaban J connectivity index is 1.22. The molecule has 3 aromatic rings. The molecule has 1 aliphatic carbocycles. The number of benzene rings is 2. The average molecular weight is 457 g/mol. The highest BCUT2D eigenvalue weighted by Gasteiger charge is 2.30. The van der Waals surface area contributed by atoms with Gasteiger partial charge in [-0.15, -0.1) is 0 Å². The van der Waals surface area contributed by atoms with Crippen molar-refractivity contribution in [1.82, 2.24) is 19.3 Å². The second-order valence-corrected chi connectivity index (χ2v) is 10.4. The predicted molar refractivity (Wildman–Crippen MR) is 117 cm³/mol. The smallest absolute Gasteiger partial charge is 0.243 e. The second kappa shape index (κ2) is 8.38. The van der Waals surface area contributed by atoms with Gasteiger partial charge in [-0.25, -0.2) is 12.8 Å². The minimum absolute atomic E-state index is 0.311. The Labute approximate surface area is 186 Å². The molecule has 1 fully saturated rings. The summed E-state index contributed by atoms with van der Waals surface area (Å²) in [5.41, 5.74) is 3.55. The van der Waals surface area contributed by atoms with Crippen molar-refractivity contribution in [3.05, 3.63) is 64.8 Å². The van der Waals surface area contributed by atoms with Crippen molar-refractivity contribution in [2.45, 2.75) is 37.6 Å². The van der Waals surface area contributed by atoms with Crippen LogP contribution in [0.3, 0.4) is 0 Å². The van der Waals surface area contributed by atoms with E-state index in [9.17, 15) is 12.8 Å². The molecule has 2 aliphatic rings. The number of rotatable bonds is 5. The first-order chi connectivity index (χ1) is 15.4. The van der Waals surface area contributed by atoms with Gasteiger partial charge in [-0.05, 0) is 61.1 Å². The molecule has 0 saturated carbocycles. The summed E-state index contributed by atoms with van der Waals surface area (Å²) in [4.78, 5) is 6.85. The SMILES string of the molecule is Cc1ccc(-c2noc(CN3CCN(S(=O)(=O)c4ccc5c(c4)CCC5)CC3)n2)cc1F. The highest BCUT2D eigenvalue weighted by atomic mass is 32.2. The molecule has 2 aromatic carbocycles. The molecule has 0 spiro atoms. The van der Waals surface area contributed by atoms with E-state index in [1.165, 1.54) is 11.6 Å². The number of hydrogen-bond acceptors (Lipinski definition) is 6. The van der Waals surface area contributed by atoms with E-state index < -0.39 is 10.0 Å². The molecule has 0 unspecified atom stereocenters. The van der Waals surface area contributed by atoms with Crippen LogP contribution in [0.1, 0.15) is 29.0 Å². The van der Waals surface area contributed by atoms with Gasteiger partial charge < -0.3 is 4.52 Å². The van der Waals surface area contributed by atoms with E-state index in [2.05, 4.69) is 15.0 Å². The molecule has 0 atom stereocenters. The van der Waals surface area contributed by atoms with Crippen LogP contribution in [0.2, 0.25) is 0 Å². The number of hydrogen-bond donors (Lipinski definition) is 0. The highest BCUT2D eigenvalue weighted by molar-refractivity contribution is 7.89. The number of piperazine rings is 1. The van der Waals surface area contributed by atoms with E-state index in [0.29, 0.717) is 60.5 Å². The molecular formula is C23H25FN4O3S. The normalized spacial score (nSPS) is 17.6. The Morgan fingerprint density at radius 1 is 1.03 bits per heavy atom. The van der Waals surface area contributed by atoms with Gasteiger partial charge in [-0.2, -0.15) is 9.29 Å². The lowest BCUT2D eigenvalue weighted by molar-refractivity contribution is 0.163. The van der Waals surface area contributed by atoms with Crippen LogP contribution in [-0.2, 0) is 29.4 Å². The van der Waals surface area contributed by atoms with Crippen molar-refractivity contribution in [3.8, 4) is 11.4 Å². The summed E-state index contributed by atoms with van der Waals surface area (Å²) in [6.07, 6.45) is 3.08. The molecule has 0 bridgehead atoms. The van der Waals surface area contributed by atoms with E-state index in [1.54, 1.807) is 29.4 Å². The molecule has 0 radical (unpaired) electrons. The summed E-state index contributed by atoms with van der Waals surface area (Å²) in [7, 11) is -3.50. The van der Waals surface area contributed by atoms with Gasteiger partial charge in [0.25, 0.3) is 0 Å². The first-order valence-corrected chi connectivity index (χ1v) is 12.3. The maximum atomic E-state index is 13.8. The Bertz CT molecular complexity index is 1250. The molecule has 1 aliphatic heterocycles. The monoisotopic (exact) mass is 456 g/mol. The summed E-state index contributed by atoms with van der Waals surface area (Å²) in [5, 5.41) is 3.96. The fraction of sp³-hybridized carbons (Fsp3) is 0.391. The predicted octanol–water partition coefficient (Wildman–Crippen LogP) is 3.18. The van der Waals surface area contributed by atoms with Gasteiger partial charge in [0.05, 0.1) is 11.4 Å². The van der Waals surface area contributed by atoms with E-state index in [4.69, 9.17) is 4.52 Å². The number of nitrogens with zero attached hydrogens (tertiary/aromatic N) is 4. The van der Waals surface area contributed by atoms with Crippen LogP contribution in [0.5, 0.6) is 0 Å². The summed E-state index contributed by atoms with van der Waals surface area (Å²) >= 11 is 0. The minimum Gasteiger partial charge on any atom is -0.338 e. The molecule has 168 valence electrons. The summed E-state index contributed by atoms with van der Waals surface area (Å²) in [6.45, 7) is 4.08. The minimum atomic E-state index is -3.50. The molecular weight excluding hydrogens is 431 g/mol. The molecule has 9 heteroatoms. The third-order valence-corrected chi connectivity index (χ3v) is 8.19. The molecule has 1 aromatic heterocycles. The van der Waals surface area contributed by atoms with Crippen LogP contribution in [0.15, 0.2) is 45.8 Å². The van der Waals surface area contributed by atoms with Gasteiger partial charge in [0.15, 0.2) is 0 Å². The number of fused-ring (bicyclic) bond motifs is 1. The van der Waals surface area contributed by atoms with Gasteiger partial charge in [0.2, 0.25) is 21.7 Å². The van der Waals surface area contributed by atoms with E-state index in [0.717, 1.165) is 24.8 Å². The topological polar surface area (TPSA) is 79.5 Å². The lowest BCUT2D eigenvalue weighted by Gasteiger charge is -2.33. The third kappa shape index (κ3) is 4.07. The van der Waals surface area contributed by atoms with Crippen LogP contribution in [-0.4, -0.2) is 53.9 Å². The largest absolute Gasteiger partial charge is 0.338 e. The first-order valence-electron chi connectivity index (χ1n) is 10.8. The van der Waals surface area contributed by atoms with Crippen molar-refractivity contribution in [2.75, 3.05) is 26.2 Å². The maximum absolute atomic E-state index is 13.8. The van der Waals surface area contributed by atoms with Crippen molar-refractivity contribution in [2.24, 2.45) is 0 Å². The Hall–Kier alpha value is -2.62. The number of aromatic nitrogens is 2. The van der Waals surface area contributed by atoms with Gasteiger partial charge in [-0.1, -0.05) is 23.4 Å². The first kappa shape index (κ1) is 21.2. The van der Waals surface area contributed by atoms with Gasteiger partial charge in [-0.3, -0.25) is 4.90 Å². The Morgan fingerprint density at radius 3 is 2.59 bits per heavy atom. The summed E-state index contributed by atoms with van der Waals surface area (Å²) < 4.78 is 46.9. The van der Waals surface area contributed by atoms with Crippen LogP contribution < -0.4 is 0 Å². The van der Waals surface area contributed by atoms with Crippen LogP contribution in [0.25, 0.3) is 11.4 Å². The van der Waals surface area contributed by atoms with Crippen LogP contribution >= 0.6 is 0 Å². The number of halogens is 1. The number of sulfonamides is 1. The third-order valence-electron chi connectivity index (χ3n) is 6.30. The molecule has 0 N–H and O–H groups in total. The zero-order chi connectivity index (χ0) is 22.3. The standard InChI is InChI=1S/C23H25FN4O3S/c1-16-5-6-19(14-21(16)24)23-25-22(31-26-23)15-27-9-11-28(12-10-27)32(29,30)20-8-7-17-3-2-4-18(17)13-20/h5-8,13-14H,2-4,9-12,15H2,1H3. The van der Waals surface area contributed by atoms with Gasteiger partial charge in [0.1, 0.15) is 5.82 Å². The molecule has 7 nitrogen and oxygen atoms in total. The quantitative estimate of drug-likeness (QED) is 0.587. The number of aryl methyl sites for hydroxylation is 3. The summed E-state index contributed by atoms with van der Waals surface area (Å²) in [6, 6.07) is 10.4. The molecule has 1 saturated heterocycles. The fourth-order valence-electron chi connectivity index (χ4n) is 4.35. The molecule has 32 heavy (non-hydrogen) atoms. The highest BCUT2D eigenvalue weighted by Crippen LogP contribution is 2.27. The van der Waals surface area contributed by atoms with Gasteiger partial charge >= 0.3 is 0 Å². The molecule has 5 rings (SSSR count). The molecule has 2 heterocycles. The lowest BCUT2D eigenvalue weighted by atomic mass is 10.1. The van der Waals surface area contributed by atoms with Crippen molar-refractivity contribution < 1.29 is 17.3 Å². The maximum Gasteiger partial charge on any atom is 0.243 e. The summed E-state index contributed by atoms with van der Waals surface area (Å²) in [5.74, 6) is 0.460. The van der Waals surface area contributed by atoms with Crippen molar-refractivity contribution in [3.63, 3.8) is 0 Å². The van der Waals surface area contributed by atoms with E-state index in [1.807, 2.05) is 12.1 Å². The van der Waals surface area contributed by atoms with E-state index >= 15 is 0 Å².